The Morgan fingerprint density at radius 1 is 1.25 bits per heavy atom. The van der Waals surface area contributed by atoms with Crippen LogP contribution in [-0.4, -0.2) is 18.9 Å². The number of methoxy groups -OCH3 is 1. The van der Waals surface area contributed by atoms with Crippen molar-refractivity contribution in [2.45, 2.75) is 26.6 Å². The monoisotopic (exact) mass is 222 g/mol. The number of carbonyl (C=O) groups is 1. The first-order valence-corrected chi connectivity index (χ1v) is 5.04. The molecule has 1 aromatic rings. The van der Waals surface area contributed by atoms with Gasteiger partial charge in [0.15, 0.2) is 0 Å². The second-order valence-electron chi connectivity index (χ2n) is 4.21. The summed E-state index contributed by atoms with van der Waals surface area (Å²) in [5.74, 6) is -0.0883. The zero-order valence-corrected chi connectivity index (χ0v) is 9.79. The van der Waals surface area contributed by atoms with Crippen molar-refractivity contribution in [2.75, 3.05) is 7.11 Å². The molecule has 0 atom stereocenters. The molecule has 0 fully saturated rings. The van der Waals surface area contributed by atoms with E-state index in [0.717, 1.165) is 5.56 Å². The summed E-state index contributed by atoms with van der Waals surface area (Å²) in [6.45, 7) is 5.26. The van der Waals surface area contributed by atoms with E-state index < -0.39 is 5.79 Å². The Balaban J connectivity index is 2.54. The summed E-state index contributed by atoms with van der Waals surface area (Å²) in [5.41, 5.74) is 1.32. The van der Waals surface area contributed by atoms with Crippen LogP contribution < -0.4 is 9.47 Å². The molecule has 86 valence electrons. The molecule has 1 aliphatic heterocycles. The lowest BCUT2D eigenvalue weighted by Gasteiger charge is -2.32. The molecule has 0 amide bonds. The Bertz CT molecular complexity index is 449. The topological polar surface area (TPSA) is 44.8 Å². The number of cyclic esters (lactones) is 1. The van der Waals surface area contributed by atoms with Gasteiger partial charge in [0.25, 0.3) is 0 Å². The van der Waals surface area contributed by atoms with E-state index in [1.54, 1.807) is 33.1 Å². The molecule has 0 spiro atoms. The molecular weight excluding hydrogens is 208 g/mol. The SMILES string of the molecule is COc1cc2c(cc1C)C(=O)OC(C)(C)O2. The van der Waals surface area contributed by atoms with Gasteiger partial charge in [-0.2, -0.15) is 0 Å². The average Bonchev–Trinajstić information content (AvgIpc) is 2.17. The molecule has 0 unspecified atom stereocenters. The fourth-order valence-electron chi connectivity index (χ4n) is 1.70. The molecule has 1 aliphatic rings. The molecule has 4 heteroatoms. The Morgan fingerprint density at radius 3 is 2.56 bits per heavy atom. The molecule has 16 heavy (non-hydrogen) atoms. The van der Waals surface area contributed by atoms with Gasteiger partial charge < -0.3 is 14.2 Å². The summed E-state index contributed by atoms with van der Waals surface area (Å²) in [6, 6.07) is 3.43. The van der Waals surface area contributed by atoms with Gasteiger partial charge in [0.2, 0.25) is 5.79 Å². The Hall–Kier alpha value is -1.71. The third kappa shape index (κ3) is 1.71. The zero-order valence-electron chi connectivity index (χ0n) is 9.79. The first-order valence-electron chi connectivity index (χ1n) is 5.04. The fourth-order valence-corrected chi connectivity index (χ4v) is 1.70. The van der Waals surface area contributed by atoms with Crippen LogP contribution in [0.25, 0.3) is 0 Å². The normalized spacial score (nSPS) is 17.1. The van der Waals surface area contributed by atoms with Crippen LogP contribution in [0.3, 0.4) is 0 Å². The highest BCUT2D eigenvalue weighted by Gasteiger charge is 2.34. The van der Waals surface area contributed by atoms with Crippen LogP contribution in [0.1, 0.15) is 29.8 Å². The van der Waals surface area contributed by atoms with E-state index >= 15 is 0 Å². The van der Waals surface area contributed by atoms with Crippen molar-refractivity contribution in [3.05, 3.63) is 23.3 Å². The lowest BCUT2D eigenvalue weighted by Crippen LogP contribution is -2.38. The third-order valence-electron chi connectivity index (χ3n) is 2.41. The number of ether oxygens (including phenoxy) is 3. The Labute approximate surface area is 94.1 Å². The first kappa shape index (κ1) is 10.8. The fraction of sp³-hybridized carbons (Fsp3) is 0.417. The second kappa shape index (κ2) is 3.40. The van der Waals surface area contributed by atoms with Gasteiger partial charge in [-0.15, -0.1) is 0 Å². The van der Waals surface area contributed by atoms with Gasteiger partial charge in [-0.05, 0) is 18.6 Å². The Morgan fingerprint density at radius 2 is 1.94 bits per heavy atom. The van der Waals surface area contributed by atoms with E-state index in [1.165, 1.54) is 0 Å². The summed E-state index contributed by atoms with van der Waals surface area (Å²) in [6.07, 6.45) is 0. The highest BCUT2D eigenvalue weighted by molar-refractivity contribution is 5.94. The van der Waals surface area contributed by atoms with Crippen LogP contribution in [-0.2, 0) is 4.74 Å². The summed E-state index contributed by atoms with van der Waals surface area (Å²) in [4.78, 5) is 11.7. The van der Waals surface area contributed by atoms with E-state index in [4.69, 9.17) is 14.2 Å². The van der Waals surface area contributed by atoms with Gasteiger partial charge in [-0.25, -0.2) is 4.79 Å². The number of esters is 1. The largest absolute Gasteiger partial charge is 0.496 e. The lowest BCUT2D eigenvalue weighted by molar-refractivity contribution is -0.127. The third-order valence-corrected chi connectivity index (χ3v) is 2.41. The molecule has 0 radical (unpaired) electrons. The highest BCUT2D eigenvalue weighted by Crippen LogP contribution is 2.35. The smallest absolute Gasteiger partial charge is 0.345 e. The van der Waals surface area contributed by atoms with Crippen LogP contribution >= 0.6 is 0 Å². The number of rotatable bonds is 1. The van der Waals surface area contributed by atoms with Crippen molar-refractivity contribution in [2.24, 2.45) is 0 Å². The van der Waals surface area contributed by atoms with Crippen LogP contribution in [0.4, 0.5) is 0 Å². The summed E-state index contributed by atoms with van der Waals surface area (Å²) < 4.78 is 15.9. The summed E-state index contributed by atoms with van der Waals surface area (Å²) >= 11 is 0. The minimum atomic E-state index is -0.926. The van der Waals surface area contributed by atoms with Gasteiger partial charge in [0.1, 0.15) is 17.1 Å². The van der Waals surface area contributed by atoms with E-state index in [2.05, 4.69) is 0 Å². The lowest BCUT2D eigenvalue weighted by atomic mass is 10.1. The van der Waals surface area contributed by atoms with E-state index in [1.807, 2.05) is 6.92 Å². The molecule has 1 heterocycles. The number of benzene rings is 1. The number of carbonyl (C=O) groups excluding carboxylic acids is 1. The van der Waals surface area contributed by atoms with Crippen LogP contribution in [0.5, 0.6) is 11.5 Å². The van der Waals surface area contributed by atoms with Gasteiger partial charge >= 0.3 is 5.97 Å². The Kier molecular flexibility index (Phi) is 2.30. The molecular formula is C12H14O4. The predicted octanol–water partition coefficient (Wildman–Crippen LogP) is 2.29. The van der Waals surface area contributed by atoms with Gasteiger partial charge in [-0.1, -0.05) is 0 Å². The number of fused-ring (bicyclic) bond motifs is 1. The van der Waals surface area contributed by atoms with E-state index in [9.17, 15) is 4.79 Å². The van der Waals surface area contributed by atoms with Crippen molar-refractivity contribution < 1.29 is 19.0 Å². The van der Waals surface area contributed by atoms with Crippen molar-refractivity contribution in [3.63, 3.8) is 0 Å². The standard InChI is InChI=1S/C12H14O4/c1-7-5-8-10(6-9(7)14-4)15-12(2,3)16-11(8)13/h5-6H,1-4H3. The molecule has 0 aliphatic carbocycles. The first-order chi connectivity index (χ1) is 7.43. The molecule has 0 aromatic heterocycles. The maximum absolute atomic E-state index is 11.7. The zero-order chi connectivity index (χ0) is 11.9. The number of hydrogen-bond donors (Lipinski definition) is 0. The predicted molar refractivity (Wildman–Crippen MR) is 57.9 cm³/mol. The maximum Gasteiger partial charge on any atom is 0.345 e. The van der Waals surface area contributed by atoms with Crippen LogP contribution in [0, 0.1) is 6.92 Å². The molecule has 2 rings (SSSR count). The summed E-state index contributed by atoms with van der Waals surface area (Å²) in [7, 11) is 1.58. The second-order valence-corrected chi connectivity index (χ2v) is 4.21. The average molecular weight is 222 g/mol. The van der Waals surface area contributed by atoms with Crippen molar-refractivity contribution in [3.8, 4) is 11.5 Å². The van der Waals surface area contributed by atoms with Crippen LogP contribution in [0.2, 0.25) is 0 Å². The molecule has 0 saturated carbocycles. The quantitative estimate of drug-likeness (QED) is 0.684. The number of hydrogen-bond acceptors (Lipinski definition) is 4. The molecule has 0 N–H and O–H groups in total. The van der Waals surface area contributed by atoms with Gasteiger partial charge in [0.05, 0.1) is 7.11 Å². The highest BCUT2D eigenvalue weighted by atomic mass is 16.7. The minimum Gasteiger partial charge on any atom is -0.496 e. The summed E-state index contributed by atoms with van der Waals surface area (Å²) in [5, 5.41) is 0. The molecule has 4 nitrogen and oxygen atoms in total. The van der Waals surface area contributed by atoms with E-state index in [0.29, 0.717) is 17.1 Å². The van der Waals surface area contributed by atoms with E-state index in [-0.39, 0.29) is 5.97 Å². The molecule has 0 saturated heterocycles. The van der Waals surface area contributed by atoms with Crippen LogP contribution in [0.15, 0.2) is 12.1 Å². The van der Waals surface area contributed by atoms with Gasteiger partial charge in [-0.3, -0.25) is 0 Å². The van der Waals surface area contributed by atoms with Crippen molar-refractivity contribution in [1.29, 1.82) is 0 Å². The molecule has 1 aromatic carbocycles. The minimum absolute atomic E-state index is 0.364. The number of aryl methyl sites for hydroxylation is 1. The van der Waals surface area contributed by atoms with Crippen molar-refractivity contribution in [1.82, 2.24) is 0 Å². The van der Waals surface area contributed by atoms with Gasteiger partial charge in [0, 0.05) is 19.9 Å². The van der Waals surface area contributed by atoms with Crippen molar-refractivity contribution >= 4 is 5.97 Å². The molecule has 0 bridgehead atoms. The maximum atomic E-state index is 11.7.